The summed E-state index contributed by atoms with van der Waals surface area (Å²) in [6.45, 7) is 10.8. The SMILES string of the molecule is CCC(C)CC(CC(CCC#N)c1ccccc1)c1ccc(OC(C)(C)C)cc1. The fourth-order valence-corrected chi connectivity index (χ4v) is 3.91. The molecule has 156 valence electrons. The van der Waals surface area contributed by atoms with Crippen LogP contribution < -0.4 is 4.74 Å². The average Bonchev–Trinajstić information content (AvgIpc) is 2.70. The molecule has 0 bridgehead atoms. The second kappa shape index (κ2) is 11.1. The summed E-state index contributed by atoms with van der Waals surface area (Å²) in [7, 11) is 0. The highest BCUT2D eigenvalue weighted by molar-refractivity contribution is 5.31. The molecule has 29 heavy (non-hydrogen) atoms. The normalized spacial score (nSPS) is 14.6. The van der Waals surface area contributed by atoms with Crippen LogP contribution in [0.4, 0.5) is 0 Å². The molecule has 3 atom stereocenters. The van der Waals surface area contributed by atoms with E-state index in [-0.39, 0.29) is 5.60 Å². The van der Waals surface area contributed by atoms with Crippen LogP contribution in [-0.4, -0.2) is 5.60 Å². The summed E-state index contributed by atoms with van der Waals surface area (Å²) < 4.78 is 6.01. The molecule has 0 aromatic heterocycles. The molecule has 2 nitrogen and oxygen atoms in total. The predicted octanol–water partition coefficient (Wildman–Crippen LogP) is 7.86. The van der Waals surface area contributed by atoms with Crippen molar-refractivity contribution in [2.24, 2.45) is 5.92 Å². The Morgan fingerprint density at radius 1 is 0.897 bits per heavy atom. The Balaban J connectivity index is 2.25. The number of hydrogen-bond donors (Lipinski definition) is 0. The lowest BCUT2D eigenvalue weighted by Gasteiger charge is -2.27. The molecule has 0 aliphatic rings. The Bertz CT molecular complexity index is 752. The van der Waals surface area contributed by atoms with Gasteiger partial charge in [-0.2, -0.15) is 5.26 Å². The number of rotatable bonds is 10. The van der Waals surface area contributed by atoms with Crippen molar-refractivity contribution in [2.75, 3.05) is 0 Å². The van der Waals surface area contributed by atoms with Crippen molar-refractivity contribution >= 4 is 0 Å². The highest BCUT2D eigenvalue weighted by Gasteiger charge is 2.22. The van der Waals surface area contributed by atoms with Gasteiger partial charge in [0.05, 0.1) is 6.07 Å². The third-order valence-corrected chi connectivity index (χ3v) is 5.60. The van der Waals surface area contributed by atoms with Crippen LogP contribution in [0, 0.1) is 17.2 Å². The quantitative estimate of drug-likeness (QED) is 0.413. The minimum Gasteiger partial charge on any atom is -0.488 e. The Hall–Kier alpha value is -2.27. The van der Waals surface area contributed by atoms with E-state index in [4.69, 9.17) is 10.00 Å². The smallest absolute Gasteiger partial charge is 0.120 e. The van der Waals surface area contributed by atoms with E-state index in [9.17, 15) is 0 Å². The summed E-state index contributed by atoms with van der Waals surface area (Å²) in [5, 5.41) is 9.16. The largest absolute Gasteiger partial charge is 0.488 e. The lowest BCUT2D eigenvalue weighted by Crippen LogP contribution is -2.22. The molecule has 0 spiro atoms. The molecule has 0 radical (unpaired) electrons. The average molecular weight is 392 g/mol. The molecule has 0 N–H and O–H groups in total. The Labute approximate surface area is 177 Å². The van der Waals surface area contributed by atoms with Gasteiger partial charge >= 0.3 is 0 Å². The summed E-state index contributed by atoms with van der Waals surface area (Å²) in [6.07, 6.45) is 4.97. The fourth-order valence-electron chi connectivity index (χ4n) is 3.91. The van der Waals surface area contributed by atoms with Gasteiger partial charge in [-0.05, 0) is 81.0 Å². The molecule has 0 heterocycles. The Kier molecular flexibility index (Phi) is 8.77. The standard InChI is InChI=1S/C27H37NO/c1-6-21(2)19-25(23-14-16-26(17-15-23)29-27(3,4)5)20-24(13-10-18-28)22-11-8-7-9-12-22/h7-9,11-12,14-17,21,24-25H,6,10,13,19-20H2,1-5H3. The van der Waals surface area contributed by atoms with Crippen molar-refractivity contribution in [2.45, 2.75) is 84.2 Å². The lowest BCUT2D eigenvalue weighted by atomic mass is 9.78. The van der Waals surface area contributed by atoms with Gasteiger partial charge in [-0.1, -0.05) is 62.7 Å². The van der Waals surface area contributed by atoms with Gasteiger partial charge in [0.25, 0.3) is 0 Å². The summed E-state index contributed by atoms with van der Waals surface area (Å²) in [5.41, 5.74) is 2.54. The van der Waals surface area contributed by atoms with Crippen molar-refractivity contribution in [3.63, 3.8) is 0 Å². The number of hydrogen-bond acceptors (Lipinski definition) is 2. The first-order valence-electron chi connectivity index (χ1n) is 11.0. The van der Waals surface area contributed by atoms with E-state index in [0.717, 1.165) is 18.6 Å². The van der Waals surface area contributed by atoms with Crippen LogP contribution in [0.5, 0.6) is 5.75 Å². The number of benzene rings is 2. The van der Waals surface area contributed by atoms with E-state index in [1.807, 2.05) is 0 Å². The van der Waals surface area contributed by atoms with Gasteiger partial charge in [-0.25, -0.2) is 0 Å². The molecule has 0 aliphatic heterocycles. The van der Waals surface area contributed by atoms with Crippen LogP contribution in [-0.2, 0) is 0 Å². The van der Waals surface area contributed by atoms with E-state index in [1.54, 1.807) is 0 Å². The molecule has 0 aliphatic carbocycles. The zero-order valence-electron chi connectivity index (χ0n) is 18.8. The van der Waals surface area contributed by atoms with E-state index >= 15 is 0 Å². The fraction of sp³-hybridized carbons (Fsp3) is 0.519. The number of ether oxygens (including phenoxy) is 1. The molecule has 0 fully saturated rings. The number of nitriles is 1. The van der Waals surface area contributed by atoms with Gasteiger partial charge in [-0.15, -0.1) is 0 Å². The van der Waals surface area contributed by atoms with Gasteiger partial charge in [0, 0.05) is 6.42 Å². The third kappa shape index (κ3) is 7.94. The van der Waals surface area contributed by atoms with Crippen LogP contribution in [0.2, 0.25) is 0 Å². The monoisotopic (exact) mass is 391 g/mol. The summed E-state index contributed by atoms with van der Waals surface area (Å²) in [6, 6.07) is 21.7. The van der Waals surface area contributed by atoms with Crippen LogP contribution in [0.15, 0.2) is 54.6 Å². The molecule has 0 saturated carbocycles. The van der Waals surface area contributed by atoms with Crippen molar-refractivity contribution in [3.05, 3.63) is 65.7 Å². The minimum atomic E-state index is -0.187. The van der Waals surface area contributed by atoms with Crippen LogP contribution in [0.3, 0.4) is 0 Å². The molecule has 0 saturated heterocycles. The first kappa shape index (κ1) is 23.0. The Morgan fingerprint density at radius 2 is 1.52 bits per heavy atom. The Morgan fingerprint density at radius 3 is 2.07 bits per heavy atom. The molecule has 0 amide bonds. The molecule has 3 unspecified atom stereocenters. The van der Waals surface area contributed by atoms with Gasteiger partial charge < -0.3 is 4.74 Å². The third-order valence-electron chi connectivity index (χ3n) is 5.60. The second-order valence-corrected chi connectivity index (χ2v) is 9.27. The van der Waals surface area contributed by atoms with E-state index in [0.29, 0.717) is 24.2 Å². The first-order valence-corrected chi connectivity index (χ1v) is 11.0. The van der Waals surface area contributed by atoms with Crippen molar-refractivity contribution in [3.8, 4) is 11.8 Å². The molecule has 2 aromatic rings. The predicted molar refractivity (Wildman–Crippen MR) is 122 cm³/mol. The van der Waals surface area contributed by atoms with E-state index in [2.05, 4.69) is 95.3 Å². The van der Waals surface area contributed by atoms with Crippen molar-refractivity contribution < 1.29 is 4.74 Å². The van der Waals surface area contributed by atoms with Crippen LogP contribution in [0.25, 0.3) is 0 Å². The van der Waals surface area contributed by atoms with Crippen molar-refractivity contribution in [1.29, 1.82) is 5.26 Å². The van der Waals surface area contributed by atoms with Crippen molar-refractivity contribution in [1.82, 2.24) is 0 Å². The highest BCUT2D eigenvalue weighted by atomic mass is 16.5. The van der Waals surface area contributed by atoms with Gasteiger partial charge in [0.1, 0.15) is 11.4 Å². The van der Waals surface area contributed by atoms with Gasteiger partial charge in [-0.3, -0.25) is 0 Å². The lowest BCUT2D eigenvalue weighted by molar-refractivity contribution is 0.131. The molecular weight excluding hydrogens is 354 g/mol. The van der Waals surface area contributed by atoms with Crippen LogP contribution >= 0.6 is 0 Å². The summed E-state index contributed by atoms with van der Waals surface area (Å²) >= 11 is 0. The van der Waals surface area contributed by atoms with Gasteiger partial charge in [0.15, 0.2) is 0 Å². The van der Waals surface area contributed by atoms with E-state index in [1.165, 1.54) is 24.0 Å². The summed E-state index contributed by atoms with van der Waals surface area (Å²) in [5.74, 6) is 2.50. The zero-order valence-corrected chi connectivity index (χ0v) is 18.8. The topological polar surface area (TPSA) is 33.0 Å². The molecule has 2 rings (SSSR count). The number of nitrogens with zero attached hydrogens (tertiary/aromatic N) is 1. The maximum Gasteiger partial charge on any atom is 0.120 e. The molecule has 2 aromatic carbocycles. The second-order valence-electron chi connectivity index (χ2n) is 9.27. The van der Waals surface area contributed by atoms with Crippen LogP contribution in [0.1, 0.15) is 89.7 Å². The maximum absolute atomic E-state index is 9.16. The molecular formula is C27H37NO. The highest BCUT2D eigenvalue weighted by Crippen LogP contribution is 2.38. The van der Waals surface area contributed by atoms with E-state index < -0.39 is 0 Å². The first-order chi connectivity index (χ1) is 13.8. The van der Waals surface area contributed by atoms with Gasteiger partial charge in [0.2, 0.25) is 0 Å². The molecule has 2 heteroatoms. The zero-order chi connectivity index (χ0) is 21.3. The summed E-state index contributed by atoms with van der Waals surface area (Å²) in [4.78, 5) is 0. The minimum absolute atomic E-state index is 0.187. The maximum atomic E-state index is 9.16.